The van der Waals surface area contributed by atoms with E-state index in [4.69, 9.17) is 5.41 Å². The van der Waals surface area contributed by atoms with Crippen molar-refractivity contribution in [3.63, 3.8) is 0 Å². The Morgan fingerprint density at radius 2 is 1.89 bits per heavy atom. The summed E-state index contributed by atoms with van der Waals surface area (Å²) in [6.07, 6.45) is 15.6. The molecule has 0 aliphatic heterocycles. The first kappa shape index (κ1) is 28.1. The Hall–Kier alpha value is -2.48. The zero-order valence-corrected chi connectivity index (χ0v) is 23.9. The molecule has 0 amide bonds. The maximum Gasteiger partial charge on any atom is 0.199 e. The second-order valence-corrected chi connectivity index (χ2v) is 12.5. The van der Waals surface area contributed by atoms with Crippen molar-refractivity contribution >= 4 is 23.1 Å². The molecule has 1 aromatic rings. The zero-order chi connectivity index (χ0) is 26.6. The van der Waals surface area contributed by atoms with E-state index in [9.17, 15) is 4.79 Å². The predicted molar refractivity (Wildman–Crippen MR) is 156 cm³/mol. The highest BCUT2D eigenvalue weighted by molar-refractivity contribution is 6.44. The Morgan fingerprint density at radius 3 is 2.56 bits per heavy atom. The average molecular weight is 486 g/mol. The van der Waals surface area contributed by atoms with E-state index in [2.05, 4.69) is 91.0 Å². The predicted octanol–water partition coefficient (Wildman–Crippen LogP) is 9.27. The largest absolute Gasteiger partial charge is 0.301 e. The maximum absolute atomic E-state index is 13.5. The van der Waals surface area contributed by atoms with Gasteiger partial charge in [-0.1, -0.05) is 95.2 Å². The molecule has 4 atom stereocenters. The third-order valence-electron chi connectivity index (χ3n) is 8.77. The van der Waals surface area contributed by atoms with E-state index in [1.807, 2.05) is 6.92 Å². The van der Waals surface area contributed by atoms with Crippen LogP contribution in [0.5, 0.6) is 0 Å². The molecule has 2 aliphatic carbocycles. The summed E-state index contributed by atoms with van der Waals surface area (Å²) in [7, 11) is 0. The first-order valence-electron chi connectivity index (χ1n) is 13.9. The van der Waals surface area contributed by atoms with Gasteiger partial charge < -0.3 is 5.41 Å². The third kappa shape index (κ3) is 6.84. The number of aryl methyl sites for hydroxylation is 1. The second kappa shape index (κ2) is 11.7. The fourth-order valence-corrected chi connectivity index (χ4v) is 5.41. The summed E-state index contributed by atoms with van der Waals surface area (Å²) in [6, 6.07) is 6.37. The van der Waals surface area contributed by atoms with Gasteiger partial charge in [0.05, 0.1) is 5.71 Å². The molecule has 4 unspecified atom stereocenters. The van der Waals surface area contributed by atoms with Crippen LogP contribution in [0.3, 0.4) is 0 Å². The lowest BCUT2D eigenvalue weighted by molar-refractivity contribution is -0.109. The Balaban J connectivity index is 1.84. The molecule has 0 bridgehead atoms. The van der Waals surface area contributed by atoms with E-state index >= 15 is 0 Å². The van der Waals surface area contributed by atoms with Gasteiger partial charge in [0.25, 0.3) is 0 Å². The molecule has 3 rings (SSSR count). The number of benzene rings is 1. The number of ketones is 1. The fraction of sp³-hybridized carbons (Fsp3) is 0.529. The Labute approximate surface area is 220 Å². The summed E-state index contributed by atoms with van der Waals surface area (Å²) in [5.74, 6) is 1.17. The molecule has 194 valence electrons. The van der Waals surface area contributed by atoms with Crippen molar-refractivity contribution in [2.45, 2.75) is 87.5 Å². The van der Waals surface area contributed by atoms with Gasteiger partial charge in [-0.25, -0.2) is 0 Å². The first-order valence-corrected chi connectivity index (χ1v) is 13.9. The van der Waals surface area contributed by atoms with Gasteiger partial charge >= 0.3 is 0 Å². The number of carbonyl (C=O) groups is 1. The number of hydrogen-bond donors (Lipinski definition) is 1. The average Bonchev–Trinajstić information content (AvgIpc) is 2.83. The summed E-state index contributed by atoms with van der Waals surface area (Å²) in [5, 5.41) is 9.03. The first-order chi connectivity index (χ1) is 16.9. The quantitative estimate of drug-likeness (QED) is 0.275. The molecular formula is C34H47NO. The summed E-state index contributed by atoms with van der Waals surface area (Å²) >= 11 is 0. The molecule has 0 fully saturated rings. The molecule has 1 aromatic carbocycles. The van der Waals surface area contributed by atoms with Crippen LogP contribution >= 0.6 is 0 Å². The fourth-order valence-electron chi connectivity index (χ4n) is 5.41. The normalized spacial score (nSPS) is 20.7. The van der Waals surface area contributed by atoms with Gasteiger partial charge in [0.2, 0.25) is 0 Å². The highest BCUT2D eigenvalue weighted by Crippen LogP contribution is 2.37. The van der Waals surface area contributed by atoms with Crippen LogP contribution in [0.4, 0.5) is 0 Å². The van der Waals surface area contributed by atoms with Crippen LogP contribution in [-0.2, 0) is 11.2 Å². The number of rotatable bonds is 9. The zero-order valence-electron chi connectivity index (χ0n) is 23.9. The summed E-state index contributed by atoms with van der Waals surface area (Å²) < 4.78 is 0. The number of fused-ring (bicyclic) bond motifs is 1. The van der Waals surface area contributed by atoms with E-state index in [1.54, 1.807) is 6.08 Å². The van der Waals surface area contributed by atoms with Crippen LogP contribution in [0.2, 0.25) is 0 Å². The van der Waals surface area contributed by atoms with Gasteiger partial charge in [0.15, 0.2) is 5.78 Å². The number of hydrogen-bond acceptors (Lipinski definition) is 2. The lowest BCUT2D eigenvalue weighted by Crippen LogP contribution is -2.29. The lowest BCUT2D eigenvalue weighted by atomic mass is 9.72. The summed E-state index contributed by atoms with van der Waals surface area (Å²) in [6.45, 7) is 17.9. The number of nitrogens with one attached hydrogen (secondary N) is 1. The van der Waals surface area contributed by atoms with E-state index in [-0.39, 0.29) is 22.8 Å². The molecule has 36 heavy (non-hydrogen) atoms. The van der Waals surface area contributed by atoms with Gasteiger partial charge in [0.1, 0.15) is 0 Å². The van der Waals surface area contributed by atoms with Crippen LogP contribution in [-0.4, -0.2) is 11.5 Å². The van der Waals surface area contributed by atoms with Crippen molar-refractivity contribution < 1.29 is 4.79 Å². The molecule has 0 saturated carbocycles. The third-order valence-corrected chi connectivity index (χ3v) is 8.77. The van der Waals surface area contributed by atoms with Crippen LogP contribution < -0.4 is 0 Å². The highest BCUT2D eigenvalue weighted by Gasteiger charge is 2.30. The molecule has 1 N–H and O–H groups in total. The van der Waals surface area contributed by atoms with Crippen LogP contribution in [0, 0.1) is 34.5 Å². The molecule has 2 nitrogen and oxygen atoms in total. The van der Waals surface area contributed by atoms with E-state index in [0.717, 1.165) is 43.2 Å². The van der Waals surface area contributed by atoms with E-state index in [1.165, 1.54) is 22.3 Å². The minimum absolute atomic E-state index is 0.0430. The molecule has 0 aromatic heterocycles. The Morgan fingerprint density at radius 1 is 1.17 bits per heavy atom. The van der Waals surface area contributed by atoms with Crippen molar-refractivity contribution in [1.29, 1.82) is 5.41 Å². The number of allylic oxidation sites excluding steroid dienone is 7. The lowest BCUT2D eigenvalue weighted by Gasteiger charge is -2.33. The van der Waals surface area contributed by atoms with E-state index in [0.29, 0.717) is 17.8 Å². The van der Waals surface area contributed by atoms with Crippen molar-refractivity contribution in [1.82, 2.24) is 0 Å². The van der Waals surface area contributed by atoms with Gasteiger partial charge in [-0.05, 0) is 97.5 Å². The molecule has 0 spiro atoms. The van der Waals surface area contributed by atoms with Gasteiger partial charge in [-0.15, -0.1) is 0 Å². The van der Waals surface area contributed by atoms with Crippen LogP contribution in [0.1, 0.15) is 97.8 Å². The molecule has 0 heterocycles. The minimum Gasteiger partial charge on any atom is -0.301 e. The molecular weight excluding hydrogens is 438 g/mol. The van der Waals surface area contributed by atoms with Crippen molar-refractivity contribution in [3.8, 4) is 0 Å². The topological polar surface area (TPSA) is 40.9 Å². The van der Waals surface area contributed by atoms with E-state index < -0.39 is 0 Å². The second-order valence-electron chi connectivity index (χ2n) is 12.5. The SMILES string of the molecule is CC1=CC=C(C(C)CC(CC(C)C(C)(C)C)C(=N)C(=O)/C=C(/C)c2cccc3c2C=CCC3)CC1C. The maximum atomic E-state index is 13.5. The van der Waals surface area contributed by atoms with Crippen molar-refractivity contribution in [2.24, 2.45) is 29.1 Å². The monoisotopic (exact) mass is 485 g/mol. The van der Waals surface area contributed by atoms with Crippen molar-refractivity contribution in [2.75, 3.05) is 0 Å². The number of carbonyl (C=O) groups excluding carboxylic acids is 1. The standard InChI is InChI=1S/C34H47NO/c1-22-16-17-28(18-23(22)2)24(3)19-29(21-26(5)34(6,7)8)33(35)32(36)20-25(4)30-15-11-13-27-12-9-10-14-31(27)30/h10-11,13-17,20,23-24,26,29,35H,9,12,18-19,21H2,1-8H3/b25-20-,35-33?. The minimum atomic E-state index is -0.134. The molecule has 2 aliphatic rings. The summed E-state index contributed by atoms with van der Waals surface area (Å²) in [5.41, 5.74) is 7.94. The highest BCUT2D eigenvalue weighted by atomic mass is 16.1. The molecule has 2 heteroatoms. The summed E-state index contributed by atoms with van der Waals surface area (Å²) in [4.78, 5) is 13.5. The Bertz CT molecular complexity index is 1100. The van der Waals surface area contributed by atoms with Crippen molar-refractivity contribution in [3.05, 3.63) is 70.3 Å². The molecule has 0 radical (unpaired) electrons. The molecule has 0 saturated heterocycles. The van der Waals surface area contributed by atoms with Gasteiger partial charge in [-0.3, -0.25) is 4.79 Å². The van der Waals surface area contributed by atoms with Crippen LogP contribution in [0.15, 0.2) is 53.6 Å². The Kier molecular flexibility index (Phi) is 9.14. The smallest absolute Gasteiger partial charge is 0.199 e. The van der Waals surface area contributed by atoms with Crippen LogP contribution in [0.25, 0.3) is 11.6 Å². The van der Waals surface area contributed by atoms with Gasteiger partial charge in [-0.2, -0.15) is 0 Å². The van der Waals surface area contributed by atoms with Gasteiger partial charge in [0, 0.05) is 5.92 Å².